The van der Waals surface area contributed by atoms with Crippen LogP contribution in [0.1, 0.15) is 29.6 Å². The van der Waals surface area contributed by atoms with Gasteiger partial charge in [0.05, 0.1) is 10.6 Å². The van der Waals surface area contributed by atoms with Gasteiger partial charge in [0.25, 0.3) is 5.91 Å². The van der Waals surface area contributed by atoms with Gasteiger partial charge in [0.2, 0.25) is 0 Å². The highest BCUT2D eigenvalue weighted by atomic mass is 35.5. The third-order valence-corrected chi connectivity index (χ3v) is 3.78. The maximum absolute atomic E-state index is 13.5. The lowest BCUT2D eigenvalue weighted by Gasteiger charge is -2.22. The zero-order valence-electron chi connectivity index (χ0n) is 11.4. The van der Waals surface area contributed by atoms with Crippen LogP contribution in [0.2, 0.25) is 5.02 Å². The first-order chi connectivity index (χ1) is 9.58. The molecule has 1 aromatic carbocycles. The number of hydrogen-bond acceptors (Lipinski definition) is 2. The van der Waals surface area contributed by atoms with Gasteiger partial charge in [-0.3, -0.25) is 4.79 Å². The molecule has 1 fully saturated rings. The summed E-state index contributed by atoms with van der Waals surface area (Å²) in [7, 11) is 0. The number of piperidine rings is 1. The SMILES string of the molecule is Cl.O=C(NCCC1CCCNC1)c1cc(F)c(Cl)cc1F. The Morgan fingerprint density at radius 3 is 2.81 bits per heavy atom. The summed E-state index contributed by atoms with van der Waals surface area (Å²) < 4.78 is 26.8. The van der Waals surface area contributed by atoms with Gasteiger partial charge in [0.1, 0.15) is 11.6 Å². The van der Waals surface area contributed by atoms with Crippen LogP contribution in [0.15, 0.2) is 12.1 Å². The van der Waals surface area contributed by atoms with Crippen LogP contribution in [-0.2, 0) is 0 Å². The molecule has 1 saturated heterocycles. The van der Waals surface area contributed by atoms with E-state index < -0.39 is 17.5 Å². The van der Waals surface area contributed by atoms with E-state index in [-0.39, 0.29) is 23.0 Å². The number of amides is 1. The van der Waals surface area contributed by atoms with Crippen LogP contribution in [0.25, 0.3) is 0 Å². The minimum Gasteiger partial charge on any atom is -0.352 e. The minimum absolute atomic E-state index is 0. The standard InChI is InChI=1S/C14H17ClF2N2O.ClH/c15-11-7-12(16)10(6-13(11)17)14(20)19-5-3-9-2-1-4-18-8-9;/h6-7,9,18H,1-5,8H2,(H,19,20);1H. The average Bonchev–Trinajstić information content (AvgIpc) is 2.44. The highest BCUT2D eigenvalue weighted by molar-refractivity contribution is 6.30. The van der Waals surface area contributed by atoms with Crippen molar-refractivity contribution in [3.05, 3.63) is 34.4 Å². The molecule has 3 nitrogen and oxygen atoms in total. The Bertz CT molecular complexity index is 494. The van der Waals surface area contributed by atoms with Crippen molar-refractivity contribution in [3.8, 4) is 0 Å². The van der Waals surface area contributed by atoms with E-state index in [0.29, 0.717) is 12.5 Å². The van der Waals surface area contributed by atoms with E-state index in [9.17, 15) is 13.6 Å². The number of carbonyl (C=O) groups is 1. The van der Waals surface area contributed by atoms with Gasteiger partial charge in [0, 0.05) is 6.54 Å². The summed E-state index contributed by atoms with van der Waals surface area (Å²) in [5.41, 5.74) is -0.311. The molecule has 2 N–H and O–H groups in total. The van der Waals surface area contributed by atoms with Crippen molar-refractivity contribution in [2.24, 2.45) is 5.92 Å². The molecule has 0 bridgehead atoms. The molecule has 21 heavy (non-hydrogen) atoms. The summed E-state index contributed by atoms with van der Waals surface area (Å²) in [5, 5.41) is 5.58. The number of benzene rings is 1. The molecule has 1 amide bonds. The number of hydrogen-bond donors (Lipinski definition) is 2. The molecule has 7 heteroatoms. The number of carbonyl (C=O) groups excluding carboxylic acids is 1. The normalized spacial score (nSPS) is 18.0. The number of nitrogens with one attached hydrogen (secondary N) is 2. The van der Waals surface area contributed by atoms with Crippen LogP contribution in [0.4, 0.5) is 8.78 Å². The van der Waals surface area contributed by atoms with Crippen molar-refractivity contribution >= 4 is 29.9 Å². The zero-order valence-corrected chi connectivity index (χ0v) is 13.0. The highest BCUT2D eigenvalue weighted by Crippen LogP contribution is 2.19. The van der Waals surface area contributed by atoms with Gasteiger partial charge in [0.15, 0.2) is 0 Å². The molecule has 118 valence electrons. The molecule has 1 aromatic rings. The molecule has 1 aliphatic heterocycles. The fourth-order valence-electron chi connectivity index (χ4n) is 2.35. The molecular formula is C14H18Cl2F2N2O. The Morgan fingerprint density at radius 2 is 2.14 bits per heavy atom. The predicted molar refractivity (Wildman–Crippen MR) is 81.2 cm³/mol. The van der Waals surface area contributed by atoms with Gasteiger partial charge in [-0.25, -0.2) is 8.78 Å². The first-order valence-corrected chi connectivity index (χ1v) is 7.09. The van der Waals surface area contributed by atoms with Crippen LogP contribution in [0.5, 0.6) is 0 Å². The van der Waals surface area contributed by atoms with Crippen LogP contribution < -0.4 is 10.6 Å². The summed E-state index contributed by atoms with van der Waals surface area (Å²) in [5.74, 6) is -1.69. The minimum atomic E-state index is -0.812. The first-order valence-electron chi connectivity index (χ1n) is 6.71. The van der Waals surface area contributed by atoms with E-state index in [0.717, 1.165) is 44.5 Å². The summed E-state index contributed by atoms with van der Waals surface area (Å²) in [4.78, 5) is 11.8. The van der Waals surface area contributed by atoms with Crippen LogP contribution in [0.3, 0.4) is 0 Å². The molecule has 0 saturated carbocycles. The Morgan fingerprint density at radius 1 is 1.38 bits per heavy atom. The van der Waals surface area contributed by atoms with Crippen molar-refractivity contribution in [1.29, 1.82) is 0 Å². The number of halogens is 4. The fraction of sp³-hybridized carbons (Fsp3) is 0.500. The van der Waals surface area contributed by atoms with Crippen LogP contribution >= 0.6 is 24.0 Å². The second-order valence-electron chi connectivity index (χ2n) is 5.00. The Kier molecular flexibility index (Phi) is 7.35. The van der Waals surface area contributed by atoms with E-state index >= 15 is 0 Å². The molecule has 1 heterocycles. The summed E-state index contributed by atoms with van der Waals surface area (Å²) >= 11 is 5.44. The maximum Gasteiger partial charge on any atom is 0.254 e. The molecule has 1 atom stereocenters. The molecule has 1 unspecified atom stereocenters. The Hall–Kier alpha value is -0.910. The summed E-state index contributed by atoms with van der Waals surface area (Å²) in [6, 6.07) is 1.64. The van der Waals surface area contributed by atoms with Gasteiger partial charge < -0.3 is 10.6 Å². The fourth-order valence-corrected chi connectivity index (χ4v) is 2.50. The van der Waals surface area contributed by atoms with Crippen LogP contribution in [-0.4, -0.2) is 25.5 Å². The predicted octanol–water partition coefficient (Wildman–Crippen LogP) is 3.16. The van der Waals surface area contributed by atoms with Gasteiger partial charge in [-0.2, -0.15) is 0 Å². The van der Waals surface area contributed by atoms with Gasteiger partial charge in [-0.15, -0.1) is 12.4 Å². The van der Waals surface area contributed by atoms with Crippen molar-refractivity contribution in [3.63, 3.8) is 0 Å². The van der Waals surface area contributed by atoms with E-state index in [2.05, 4.69) is 10.6 Å². The average molecular weight is 339 g/mol. The van der Waals surface area contributed by atoms with E-state index in [1.54, 1.807) is 0 Å². The monoisotopic (exact) mass is 338 g/mol. The smallest absolute Gasteiger partial charge is 0.254 e. The van der Waals surface area contributed by atoms with Crippen molar-refractivity contribution in [2.75, 3.05) is 19.6 Å². The number of rotatable bonds is 4. The van der Waals surface area contributed by atoms with E-state index in [1.807, 2.05) is 0 Å². The largest absolute Gasteiger partial charge is 0.352 e. The molecule has 0 aromatic heterocycles. The summed E-state index contributed by atoms with van der Waals surface area (Å²) in [6.07, 6.45) is 3.10. The Labute approximate surface area is 133 Å². The van der Waals surface area contributed by atoms with Gasteiger partial charge in [-0.05, 0) is 50.4 Å². The lowest BCUT2D eigenvalue weighted by atomic mass is 9.96. The van der Waals surface area contributed by atoms with Gasteiger partial charge in [-0.1, -0.05) is 11.6 Å². The molecule has 2 rings (SSSR count). The highest BCUT2D eigenvalue weighted by Gasteiger charge is 2.16. The molecule has 0 aliphatic carbocycles. The second kappa shape index (κ2) is 8.51. The lowest BCUT2D eigenvalue weighted by Crippen LogP contribution is -2.33. The van der Waals surface area contributed by atoms with Crippen molar-refractivity contribution < 1.29 is 13.6 Å². The molecule has 0 spiro atoms. The van der Waals surface area contributed by atoms with Gasteiger partial charge >= 0.3 is 0 Å². The zero-order chi connectivity index (χ0) is 14.5. The quantitative estimate of drug-likeness (QED) is 0.828. The van der Waals surface area contributed by atoms with E-state index in [1.165, 1.54) is 0 Å². The second-order valence-corrected chi connectivity index (χ2v) is 5.41. The molecule has 0 radical (unpaired) electrons. The van der Waals surface area contributed by atoms with Crippen LogP contribution in [0, 0.1) is 17.6 Å². The van der Waals surface area contributed by atoms with Crippen molar-refractivity contribution in [2.45, 2.75) is 19.3 Å². The third kappa shape index (κ3) is 5.09. The van der Waals surface area contributed by atoms with Crippen molar-refractivity contribution in [1.82, 2.24) is 10.6 Å². The van der Waals surface area contributed by atoms with E-state index in [4.69, 9.17) is 11.6 Å². The maximum atomic E-state index is 13.5. The third-order valence-electron chi connectivity index (χ3n) is 3.49. The molecule has 1 aliphatic rings. The first kappa shape index (κ1) is 18.1. The summed E-state index contributed by atoms with van der Waals surface area (Å²) in [6.45, 7) is 2.44. The molecular weight excluding hydrogens is 321 g/mol. The topological polar surface area (TPSA) is 41.1 Å². The Balaban J connectivity index is 0.00000220. The lowest BCUT2D eigenvalue weighted by molar-refractivity contribution is 0.0946.